The number of aliphatic hydroxyl groups excluding tert-OH is 1. The molecule has 0 radical (unpaired) electrons. The van der Waals surface area contributed by atoms with E-state index < -0.39 is 0 Å². The fourth-order valence-corrected chi connectivity index (χ4v) is 3.16. The van der Waals surface area contributed by atoms with E-state index in [-0.39, 0.29) is 6.61 Å². The fourth-order valence-electron chi connectivity index (χ4n) is 3.16. The minimum atomic E-state index is 0.123. The number of aliphatic hydroxyl groups is 1. The maximum absolute atomic E-state index is 9.38. The Morgan fingerprint density at radius 1 is 1.21 bits per heavy atom. The van der Waals surface area contributed by atoms with Crippen molar-refractivity contribution in [2.45, 2.75) is 19.3 Å². The minimum absolute atomic E-state index is 0.123. The van der Waals surface area contributed by atoms with Crippen molar-refractivity contribution in [2.24, 2.45) is 0 Å². The van der Waals surface area contributed by atoms with Crippen LogP contribution in [0.15, 0.2) is 69.6 Å². The highest BCUT2D eigenvalue weighted by atomic mass is 16.3. The Balaban J connectivity index is 1.93. The molecule has 0 saturated carbocycles. The lowest BCUT2D eigenvalue weighted by atomic mass is 9.88. The van der Waals surface area contributed by atoms with Gasteiger partial charge in [-0.15, -0.1) is 0 Å². The van der Waals surface area contributed by atoms with E-state index in [0.29, 0.717) is 0 Å². The van der Waals surface area contributed by atoms with Gasteiger partial charge in [0, 0.05) is 23.3 Å². The standard InChI is InChI=1S/C16H16N2O/c19-9-10-7-12-6-5-11-3-1-2-4-13(11)16-15(12)14(8-10)17-18-16/h2,4-7,17-19H,1,3,8-9H2. The molecule has 0 aromatic rings. The molecule has 3 aliphatic carbocycles. The Morgan fingerprint density at radius 3 is 3.05 bits per heavy atom. The van der Waals surface area contributed by atoms with Crippen molar-refractivity contribution in [2.75, 3.05) is 6.61 Å². The zero-order valence-electron chi connectivity index (χ0n) is 10.7. The summed E-state index contributed by atoms with van der Waals surface area (Å²) in [4.78, 5) is 0. The highest BCUT2D eigenvalue weighted by Crippen LogP contribution is 2.40. The topological polar surface area (TPSA) is 44.3 Å². The van der Waals surface area contributed by atoms with Gasteiger partial charge in [0.15, 0.2) is 0 Å². The molecule has 1 aliphatic heterocycles. The van der Waals surface area contributed by atoms with E-state index in [1.165, 1.54) is 33.7 Å². The number of nitrogens with one attached hydrogen (secondary N) is 2. The van der Waals surface area contributed by atoms with Gasteiger partial charge in [-0.3, -0.25) is 5.43 Å². The normalized spacial score (nSPS) is 23.7. The third kappa shape index (κ3) is 1.55. The second kappa shape index (κ2) is 4.00. The van der Waals surface area contributed by atoms with E-state index in [1.807, 2.05) is 0 Å². The van der Waals surface area contributed by atoms with E-state index in [2.05, 4.69) is 41.2 Å². The predicted octanol–water partition coefficient (Wildman–Crippen LogP) is 2.14. The number of hydrogen-bond acceptors (Lipinski definition) is 3. The van der Waals surface area contributed by atoms with E-state index >= 15 is 0 Å². The van der Waals surface area contributed by atoms with E-state index in [9.17, 15) is 5.11 Å². The summed E-state index contributed by atoms with van der Waals surface area (Å²) in [7, 11) is 0. The molecule has 0 amide bonds. The molecule has 3 nitrogen and oxygen atoms in total. The van der Waals surface area contributed by atoms with Gasteiger partial charge in [0.2, 0.25) is 0 Å². The maximum Gasteiger partial charge on any atom is 0.0711 e. The SMILES string of the molecule is OCC1=CC2=CC=C3CCC=CC3=C3NNC(=C23)C1. The monoisotopic (exact) mass is 252 g/mol. The molecule has 0 unspecified atom stereocenters. The molecule has 3 heteroatoms. The summed E-state index contributed by atoms with van der Waals surface area (Å²) in [5.41, 5.74) is 15.2. The van der Waals surface area contributed by atoms with Crippen LogP contribution in [0.25, 0.3) is 0 Å². The van der Waals surface area contributed by atoms with Crippen molar-refractivity contribution >= 4 is 0 Å². The highest BCUT2D eigenvalue weighted by Gasteiger charge is 2.30. The van der Waals surface area contributed by atoms with Crippen LogP contribution in [0, 0.1) is 0 Å². The molecule has 4 aliphatic rings. The van der Waals surface area contributed by atoms with Crippen molar-refractivity contribution < 1.29 is 5.11 Å². The third-order valence-electron chi connectivity index (χ3n) is 4.09. The Morgan fingerprint density at radius 2 is 2.16 bits per heavy atom. The zero-order valence-corrected chi connectivity index (χ0v) is 10.7. The number of allylic oxidation sites excluding steroid dienone is 9. The van der Waals surface area contributed by atoms with Crippen molar-refractivity contribution in [1.29, 1.82) is 0 Å². The molecule has 19 heavy (non-hydrogen) atoms. The lowest BCUT2D eigenvalue weighted by Gasteiger charge is -2.17. The molecule has 96 valence electrons. The fraction of sp³-hybridized carbons (Fsp3) is 0.250. The Hall–Kier alpha value is -2.00. The van der Waals surface area contributed by atoms with Crippen LogP contribution in [0.2, 0.25) is 0 Å². The molecule has 0 aromatic heterocycles. The van der Waals surface area contributed by atoms with Gasteiger partial charge in [-0.25, -0.2) is 0 Å². The van der Waals surface area contributed by atoms with Gasteiger partial charge < -0.3 is 10.5 Å². The molecular weight excluding hydrogens is 236 g/mol. The molecule has 0 aromatic carbocycles. The first-order valence-corrected chi connectivity index (χ1v) is 6.75. The first-order chi connectivity index (χ1) is 9.36. The molecule has 3 N–H and O–H groups in total. The van der Waals surface area contributed by atoms with Crippen LogP contribution in [0.5, 0.6) is 0 Å². The van der Waals surface area contributed by atoms with Crippen molar-refractivity contribution in [3.8, 4) is 0 Å². The van der Waals surface area contributed by atoms with Crippen molar-refractivity contribution in [1.82, 2.24) is 10.9 Å². The molecule has 0 atom stereocenters. The zero-order chi connectivity index (χ0) is 12.8. The average molecular weight is 252 g/mol. The lowest BCUT2D eigenvalue weighted by molar-refractivity contribution is 0.327. The smallest absolute Gasteiger partial charge is 0.0711 e. The first-order valence-electron chi connectivity index (χ1n) is 6.75. The second-order valence-corrected chi connectivity index (χ2v) is 5.28. The van der Waals surface area contributed by atoms with Gasteiger partial charge in [0.25, 0.3) is 0 Å². The van der Waals surface area contributed by atoms with Gasteiger partial charge in [0.05, 0.1) is 12.3 Å². The van der Waals surface area contributed by atoms with Crippen LogP contribution in [0.4, 0.5) is 0 Å². The quantitative estimate of drug-likeness (QED) is 0.670. The third-order valence-corrected chi connectivity index (χ3v) is 4.09. The lowest BCUT2D eigenvalue weighted by Crippen LogP contribution is -2.24. The van der Waals surface area contributed by atoms with Crippen LogP contribution in [0.1, 0.15) is 19.3 Å². The molecule has 0 bridgehead atoms. The van der Waals surface area contributed by atoms with E-state index in [0.717, 1.165) is 24.8 Å². The molecule has 4 rings (SSSR count). The molecule has 0 fully saturated rings. The minimum Gasteiger partial charge on any atom is -0.392 e. The van der Waals surface area contributed by atoms with E-state index in [1.54, 1.807) is 0 Å². The number of hydrazine groups is 1. The largest absolute Gasteiger partial charge is 0.392 e. The summed E-state index contributed by atoms with van der Waals surface area (Å²) >= 11 is 0. The predicted molar refractivity (Wildman–Crippen MR) is 74.6 cm³/mol. The molecule has 1 heterocycles. The van der Waals surface area contributed by atoms with Crippen molar-refractivity contribution in [3.63, 3.8) is 0 Å². The summed E-state index contributed by atoms with van der Waals surface area (Å²) in [5, 5.41) is 9.38. The first kappa shape index (κ1) is 10.9. The van der Waals surface area contributed by atoms with Crippen LogP contribution < -0.4 is 10.9 Å². The van der Waals surface area contributed by atoms with Gasteiger partial charge in [0.1, 0.15) is 0 Å². The number of rotatable bonds is 1. The van der Waals surface area contributed by atoms with E-state index in [4.69, 9.17) is 0 Å². The van der Waals surface area contributed by atoms with Gasteiger partial charge >= 0.3 is 0 Å². The van der Waals surface area contributed by atoms with Gasteiger partial charge in [-0.05, 0) is 29.6 Å². The van der Waals surface area contributed by atoms with Crippen LogP contribution in [-0.4, -0.2) is 11.7 Å². The molecular formula is C16H16N2O. The highest BCUT2D eigenvalue weighted by molar-refractivity contribution is 5.68. The summed E-state index contributed by atoms with van der Waals surface area (Å²) < 4.78 is 0. The van der Waals surface area contributed by atoms with Gasteiger partial charge in [-0.2, -0.15) is 0 Å². The number of hydrogen-bond donors (Lipinski definition) is 3. The van der Waals surface area contributed by atoms with Crippen LogP contribution >= 0.6 is 0 Å². The summed E-state index contributed by atoms with van der Waals surface area (Å²) in [5.74, 6) is 0. The second-order valence-electron chi connectivity index (χ2n) is 5.28. The summed E-state index contributed by atoms with van der Waals surface area (Å²) in [6.45, 7) is 0.123. The Kier molecular flexibility index (Phi) is 2.29. The van der Waals surface area contributed by atoms with Crippen LogP contribution in [0.3, 0.4) is 0 Å². The summed E-state index contributed by atoms with van der Waals surface area (Å²) in [6.07, 6.45) is 14.0. The van der Waals surface area contributed by atoms with Crippen LogP contribution in [-0.2, 0) is 0 Å². The average Bonchev–Trinajstić information content (AvgIpc) is 2.81. The van der Waals surface area contributed by atoms with Crippen molar-refractivity contribution in [3.05, 3.63) is 69.6 Å². The summed E-state index contributed by atoms with van der Waals surface area (Å²) in [6, 6.07) is 0. The Bertz CT molecular complexity index is 642. The number of fused-ring (bicyclic) bond motifs is 1. The maximum atomic E-state index is 9.38. The Labute approximate surface area is 112 Å². The molecule has 0 spiro atoms. The molecule has 0 saturated heterocycles. The van der Waals surface area contributed by atoms with Gasteiger partial charge in [-0.1, -0.05) is 30.4 Å².